The van der Waals surface area contributed by atoms with Crippen LogP contribution in [0.5, 0.6) is 11.5 Å². The number of H-pyrrole nitrogens is 1. The van der Waals surface area contributed by atoms with Gasteiger partial charge in [0.25, 0.3) is 5.91 Å². The molecular formula is C26H30N6O3. The van der Waals surface area contributed by atoms with Crippen molar-refractivity contribution in [2.75, 3.05) is 31.7 Å². The number of piperidine rings is 1. The van der Waals surface area contributed by atoms with E-state index < -0.39 is 0 Å². The number of aliphatic hydroxyl groups is 1. The molecule has 2 aliphatic heterocycles. The average molecular weight is 475 g/mol. The first-order valence-corrected chi connectivity index (χ1v) is 11.6. The zero-order chi connectivity index (χ0) is 24.6. The highest BCUT2D eigenvalue weighted by Crippen LogP contribution is 2.30. The van der Waals surface area contributed by atoms with Gasteiger partial charge in [0.15, 0.2) is 5.82 Å². The molecule has 0 bridgehead atoms. The first-order valence-electron chi connectivity index (χ1n) is 11.6. The molecule has 1 aromatic heterocycles. The van der Waals surface area contributed by atoms with Crippen LogP contribution in [0.2, 0.25) is 0 Å². The van der Waals surface area contributed by atoms with Crippen LogP contribution in [0.4, 0.5) is 5.82 Å². The van der Waals surface area contributed by atoms with E-state index in [0.717, 1.165) is 60.1 Å². The van der Waals surface area contributed by atoms with E-state index in [1.807, 2.05) is 54.6 Å². The van der Waals surface area contributed by atoms with Crippen LogP contribution in [0.25, 0.3) is 11.3 Å². The normalized spacial score (nSPS) is 14.5. The van der Waals surface area contributed by atoms with E-state index in [1.165, 1.54) is 6.42 Å². The molecule has 9 heteroatoms. The van der Waals surface area contributed by atoms with Gasteiger partial charge in [-0.3, -0.25) is 9.89 Å². The number of carbonyl (C=O) groups is 1. The van der Waals surface area contributed by atoms with Crippen molar-refractivity contribution in [1.82, 2.24) is 15.1 Å². The van der Waals surface area contributed by atoms with E-state index in [-0.39, 0.29) is 12.5 Å². The fourth-order valence-electron chi connectivity index (χ4n) is 3.91. The number of amides is 1. The van der Waals surface area contributed by atoms with Gasteiger partial charge in [0.05, 0.1) is 17.9 Å². The summed E-state index contributed by atoms with van der Waals surface area (Å²) in [5.74, 6) is 2.72. The molecule has 1 fully saturated rings. The Kier molecular flexibility index (Phi) is 7.79. The maximum absolute atomic E-state index is 11.4. The van der Waals surface area contributed by atoms with E-state index in [1.54, 1.807) is 4.90 Å². The molecule has 2 aromatic carbocycles. The number of anilines is 1. The number of fused-ring (bicyclic) bond motifs is 1. The highest BCUT2D eigenvalue weighted by molar-refractivity contribution is 6.07. The van der Waals surface area contributed by atoms with E-state index >= 15 is 0 Å². The summed E-state index contributed by atoms with van der Waals surface area (Å²) in [7, 11) is 0. The number of aromatic amines is 1. The van der Waals surface area contributed by atoms with Crippen molar-refractivity contribution in [3.05, 3.63) is 72.3 Å². The molecule has 1 amide bonds. The first kappa shape index (κ1) is 24.0. The van der Waals surface area contributed by atoms with Crippen LogP contribution in [-0.2, 0) is 4.79 Å². The van der Waals surface area contributed by atoms with Crippen molar-refractivity contribution >= 4 is 17.6 Å². The lowest BCUT2D eigenvalue weighted by atomic mass is 10.1. The predicted octanol–water partition coefficient (Wildman–Crippen LogP) is 3.50. The molecule has 5 N–H and O–H groups in total. The Morgan fingerprint density at radius 3 is 2.43 bits per heavy atom. The molecule has 2 aliphatic rings. The molecule has 3 aromatic rings. The molecule has 9 nitrogen and oxygen atoms in total. The maximum atomic E-state index is 11.4. The molecule has 1 saturated heterocycles. The number of likely N-dealkylation sites (tertiary alicyclic amines) is 1. The van der Waals surface area contributed by atoms with Crippen LogP contribution in [0.3, 0.4) is 0 Å². The van der Waals surface area contributed by atoms with Gasteiger partial charge in [-0.1, -0.05) is 24.8 Å². The van der Waals surface area contributed by atoms with Gasteiger partial charge in [0.2, 0.25) is 0 Å². The van der Waals surface area contributed by atoms with Crippen LogP contribution in [0.15, 0.2) is 71.7 Å². The SMILES string of the molecule is C=C(CO)C(=O)N1CCCCC1.NC1=NCNc2n[nH]c(-c3ccc(Oc4ccccc4)cc3)c21. The number of hydrogen-bond acceptors (Lipinski definition) is 7. The number of para-hydroxylation sites is 1. The van der Waals surface area contributed by atoms with Gasteiger partial charge in [-0.15, -0.1) is 0 Å². The van der Waals surface area contributed by atoms with Gasteiger partial charge >= 0.3 is 0 Å². The minimum atomic E-state index is -0.227. The van der Waals surface area contributed by atoms with Gasteiger partial charge in [-0.05, 0) is 55.7 Å². The lowest BCUT2D eigenvalue weighted by molar-refractivity contribution is -0.128. The van der Waals surface area contributed by atoms with Gasteiger partial charge in [-0.25, -0.2) is 4.99 Å². The second-order valence-corrected chi connectivity index (χ2v) is 8.25. The second kappa shape index (κ2) is 11.3. The summed E-state index contributed by atoms with van der Waals surface area (Å²) in [6.07, 6.45) is 3.35. The molecular weight excluding hydrogens is 444 g/mol. The minimum Gasteiger partial charge on any atom is -0.457 e. The number of aliphatic imine (C=N–C) groups is 1. The Bertz CT molecular complexity index is 1180. The first-order chi connectivity index (χ1) is 17.1. The largest absolute Gasteiger partial charge is 0.457 e. The number of benzene rings is 2. The van der Waals surface area contributed by atoms with Gasteiger partial charge in [0, 0.05) is 24.2 Å². The summed E-state index contributed by atoms with van der Waals surface area (Å²) in [6, 6.07) is 17.4. The highest BCUT2D eigenvalue weighted by Gasteiger charge is 2.20. The molecule has 0 atom stereocenters. The summed E-state index contributed by atoms with van der Waals surface area (Å²) in [6.45, 7) is 5.37. The Hall–Kier alpha value is -4.11. The van der Waals surface area contributed by atoms with Crippen LogP contribution >= 0.6 is 0 Å². The number of aliphatic hydroxyl groups excluding tert-OH is 1. The van der Waals surface area contributed by atoms with Crippen molar-refractivity contribution in [2.24, 2.45) is 10.7 Å². The van der Waals surface area contributed by atoms with Crippen molar-refractivity contribution in [3.63, 3.8) is 0 Å². The topological polar surface area (TPSA) is 129 Å². The number of carbonyl (C=O) groups excluding carboxylic acids is 1. The number of nitrogens with zero attached hydrogens (tertiary/aromatic N) is 3. The molecule has 0 aliphatic carbocycles. The maximum Gasteiger partial charge on any atom is 0.251 e. The summed E-state index contributed by atoms with van der Waals surface area (Å²) < 4.78 is 5.80. The Morgan fingerprint density at radius 1 is 1.06 bits per heavy atom. The van der Waals surface area contributed by atoms with E-state index in [9.17, 15) is 4.79 Å². The molecule has 0 unspecified atom stereocenters. The number of nitrogens with two attached hydrogens (primary N) is 1. The predicted molar refractivity (Wildman–Crippen MR) is 136 cm³/mol. The third-order valence-electron chi connectivity index (χ3n) is 5.78. The van der Waals surface area contributed by atoms with Crippen LogP contribution in [-0.4, -0.2) is 58.3 Å². The van der Waals surface area contributed by atoms with Crippen molar-refractivity contribution in [1.29, 1.82) is 0 Å². The monoisotopic (exact) mass is 474 g/mol. The Balaban J connectivity index is 0.000000204. The number of nitrogens with one attached hydrogen (secondary N) is 2. The Morgan fingerprint density at radius 2 is 1.74 bits per heavy atom. The lowest BCUT2D eigenvalue weighted by Gasteiger charge is -2.26. The summed E-state index contributed by atoms with van der Waals surface area (Å²) in [5, 5.41) is 19.0. The van der Waals surface area contributed by atoms with Gasteiger partial charge in [0.1, 0.15) is 24.0 Å². The summed E-state index contributed by atoms with van der Waals surface area (Å²) in [5.41, 5.74) is 8.92. The summed E-state index contributed by atoms with van der Waals surface area (Å²) >= 11 is 0. The molecule has 3 heterocycles. The van der Waals surface area contributed by atoms with Gasteiger partial charge in [-0.2, -0.15) is 5.10 Å². The third-order valence-corrected chi connectivity index (χ3v) is 5.78. The Labute approximate surface area is 204 Å². The number of aromatic nitrogens is 2. The summed E-state index contributed by atoms with van der Waals surface area (Å²) in [4.78, 5) is 17.4. The number of hydrogen-bond donors (Lipinski definition) is 4. The van der Waals surface area contributed by atoms with E-state index in [2.05, 4.69) is 27.1 Å². The van der Waals surface area contributed by atoms with Crippen molar-refractivity contribution < 1.29 is 14.6 Å². The molecule has 5 rings (SSSR count). The van der Waals surface area contributed by atoms with Crippen LogP contribution < -0.4 is 15.8 Å². The molecule has 0 saturated carbocycles. The lowest BCUT2D eigenvalue weighted by Crippen LogP contribution is -2.36. The zero-order valence-electron chi connectivity index (χ0n) is 19.5. The van der Waals surface area contributed by atoms with E-state index in [4.69, 9.17) is 15.6 Å². The number of rotatable bonds is 5. The quantitative estimate of drug-likeness (QED) is 0.419. The molecule has 182 valence electrons. The second-order valence-electron chi connectivity index (χ2n) is 8.25. The molecule has 35 heavy (non-hydrogen) atoms. The molecule has 0 spiro atoms. The highest BCUT2D eigenvalue weighted by atomic mass is 16.5. The van der Waals surface area contributed by atoms with Crippen molar-refractivity contribution in [2.45, 2.75) is 19.3 Å². The molecule has 0 radical (unpaired) electrons. The minimum absolute atomic E-state index is 0.0859. The fourth-order valence-corrected chi connectivity index (χ4v) is 3.91. The van der Waals surface area contributed by atoms with Crippen LogP contribution in [0.1, 0.15) is 24.8 Å². The van der Waals surface area contributed by atoms with Crippen molar-refractivity contribution in [3.8, 4) is 22.8 Å². The fraction of sp³-hybridized carbons (Fsp3) is 0.269. The van der Waals surface area contributed by atoms with Gasteiger partial charge < -0.3 is 25.8 Å². The number of ether oxygens (including phenoxy) is 1. The number of amidine groups is 1. The van der Waals surface area contributed by atoms with E-state index in [0.29, 0.717) is 18.1 Å². The average Bonchev–Trinajstić information content (AvgIpc) is 3.35. The smallest absolute Gasteiger partial charge is 0.251 e. The standard InChI is InChI=1S/C17H15N5O.C9H15NO2/c18-16-14-15(21-22-17(14)20-10-19-16)11-6-8-13(9-7-11)23-12-4-2-1-3-5-12;1-8(7-11)9(12)10-5-3-2-4-6-10/h1-9H,10H2,(H2,18,19)(H2,20,21,22);11H,1-7H2. The third kappa shape index (κ3) is 5.88. The zero-order valence-corrected chi connectivity index (χ0v) is 19.5. The van der Waals surface area contributed by atoms with Crippen LogP contribution in [0, 0.1) is 0 Å².